The van der Waals surface area contributed by atoms with E-state index in [1.54, 1.807) is 13.0 Å². The van der Waals surface area contributed by atoms with Crippen LogP contribution in [-0.4, -0.2) is 25.1 Å². The minimum atomic E-state index is -4.47. The largest absolute Gasteiger partial charge is 0.416 e. The average Bonchev–Trinajstić information content (AvgIpc) is 3.33. The van der Waals surface area contributed by atoms with E-state index in [1.807, 2.05) is 24.3 Å². The van der Waals surface area contributed by atoms with E-state index in [0.717, 1.165) is 35.2 Å². The Kier molecular flexibility index (Phi) is 5.22. The van der Waals surface area contributed by atoms with Crippen molar-refractivity contribution < 1.29 is 18.0 Å². The zero-order valence-electron chi connectivity index (χ0n) is 18.1. The summed E-state index contributed by atoms with van der Waals surface area (Å²) in [7, 11) is 0. The molecular weight excluding hydrogens is 447 g/mol. The van der Waals surface area contributed by atoms with E-state index in [2.05, 4.69) is 15.4 Å². The monoisotopic (exact) mass is 467 g/mol. The fraction of sp³-hybridized carbons (Fsp3) is 0.250. The molecular formula is C24H20F3N5O2. The van der Waals surface area contributed by atoms with Crippen molar-refractivity contribution in [2.75, 3.05) is 0 Å². The van der Waals surface area contributed by atoms with Crippen molar-refractivity contribution in [1.82, 2.24) is 24.5 Å². The van der Waals surface area contributed by atoms with E-state index in [1.165, 1.54) is 22.1 Å². The number of alkyl halides is 3. The molecule has 7 nitrogen and oxygen atoms in total. The van der Waals surface area contributed by atoms with Gasteiger partial charge in [-0.15, -0.1) is 5.10 Å². The minimum absolute atomic E-state index is 0.122. The third-order valence-corrected chi connectivity index (χ3v) is 5.93. The molecule has 10 heteroatoms. The van der Waals surface area contributed by atoms with E-state index in [-0.39, 0.29) is 30.0 Å². The standard InChI is InChI=1S/C24H20F3N5O2/c1-14-12-20-30-31(13-21(33)29-19-11-8-15-4-2-3-5-18(15)19)23(34)32(20)22(28-14)16-6-9-17(10-7-16)24(25,26)27/h2-7,9-10,12,19H,8,11,13H2,1H3,(H,29,33)/t19-/m0/s1. The second-order valence-electron chi connectivity index (χ2n) is 8.29. The Bertz CT molecular complexity index is 1450. The number of nitrogens with zero attached hydrogens (tertiary/aromatic N) is 4. The highest BCUT2D eigenvalue weighted by atomic mass is 19.4. The highest BCUT2D eigenvalue weighted by Gasteiger charge is 2.30. The van der Waals surface area contributed by atoms with Crippen LogP contribution in [0.4, 0.5) is 13.2 Å². The third kappa shape index (κ3) is 3.95. The lowest BCUT2D eigenvalue weighted by Crippen LogP contribution is -2.34. The summed E-state index contributed by atoms with van der Waals surface area (Å²) in [6.07, 6.45) is -2.81. The van der Waals surface area contributed by atoms with Gasteiger partial charge in [-0.05, 0) is 43.0 Å². The van der Waals surface area contributed by atoms with Crippen LogP contribution in [-0.2, 0) is 23.9 Å². The Hall–Kier alpha value is -3.95. The van der Waals surface area contributed by atoms with Gasteiger partial charge in [0.25, 0.3) is 0 Å². The van der Waals surface area contributed by atoms with Crippen LogP contribution in [0.25, 0.3) is 17.0 Å². The molecule has 2 heterocycles. The summed E-state index contributed by atoms with van der Waals surface area (Å²) >= 11 is 0. The number of hydrogen-bond donors (Lipinski definition) is 1. The smallest absolute Gasteiger partial charge is 0.348 e. The van der Waals surface area contributed by atoms with Gasteiger partial charge in [0.2, 0.25) is 5.91 Å². The second kappa shape index (κ2) is 8.12. The van der Waals surface area contributed by atoms with Gasteiger partial charge in [0.1, 0.15) is 12.4 Å². The fourth-order valence-electron chi connectivity index (χ4n) is 4.34. The first-order chi connectivity index (χ1) is 16.2. The van der Waals surface area contributed by atoms with Crippen LogP contribution in [0.15, 0.2) is 59.4 Å². The summed E-state index contributed by atoms with van der Waals surface area (Å²) in [5.41, 5.74) is 1.99. The van der Waals surface area contributed by atoms with E-state index in [9.17, 15) is 22.8 Å². The Labute approximate surface area is 191 Å². The molecule has 174 valence electrons. The number of aryl methyl sites for hydroxylation is 2. The van der Waals surface area contributed by atoms with E-state index in [0.29, 0.717) is 11.3 Å². The zero-order chi connectivity index (χ0) is 24.0. The van der Waals surface area contributed by atoms with Crippen LogP contribution in [0.3, 0.4) is 0 Å². The third-order valence-electron chi connectivity index (χ3n) is 5.93. The Morgan fingerprint density at radius 2 is 1.88 bits per heavy atom. The van der Waals surface area contributed by atoms with E-state index >= 15 is 0 Å². The number of rotatable bonds is 4. The topological polar surface area (TPSA) is 81.3 Å². The molecule has 1 aliphatic rings. The number of aromatic nitrogens is 4. The average molecular weight is 467 g/mol. The highest BCUT2D eigenvalue weighted by molar-refractivity contribution is 5.76. The molecule has 0 saturated heterocycles. The van der Waals surface area contributed by atoms with Crippen LogP contribution in [0.1, 0.15) is 34.8 Å². The first-order valence-electron chi connectivity index (χ1n) is 10.7. The zero-order valence-corrected chi connectivity index (χ0v) is 18.1. The molecule has 5 rings (SSSR count). The molecule has 0 radical (unpaired) electrons. The SMILES string of the molecule is Cc1cc2nn(CC(=O)N[C@H]3CCc4ccccc43)c(=O)n2c(-c2ccc(C(F)(F)F)cc2)n1. The van der Waals surface area contributed by atoms with Crippen molar-refractivity contribution in [2.24, 2.45) is 0 Å². The van der Waals surface area contributed by atoms with Gasteiger partial charge < -0.3 is 5.32 Å². The van der Waals surface area contributed by atoms with Gasteiger partial charge in [0.15, 0.2) is 5.65 Å². The van der Waals surface area contributed by atoms with Crippen LogP contribution >= 0.6 is 0 Å². The van der Waals surface area contributed by atoms with Gasteiger partial charge in [0.05, 0.1) is 11.6 Å². The molecule has 2 aromatic heterocycles. The molecule has 4 aromatic rings. The molecule has 34 heavy (non-hydrogen) atoms. The number of hydrogen-bond acceptors (Lipinski definition) is 4. The van der Waals surface area contributed by atoms with E-state index < -0.39 is 17.4 Å². The van der Waals surface area contributed by atoms with Crippen molar-refractivity contribution in [3.63, 3.8) is 0 Å². The van der Waals surface area contributed by atoms with Crippen molar-refractivity contribution >= 4 is 11.6 Å². The first kappa shape index (κ1) is 21.9. The maximum absolute atomic E-state index is 13.1. The molecule has 0 aliphatic heterocycles. The molecule has 2 aromatic carbocycles. The predicted octanol–water partition coefficient (Wildman–Crippen LogP) is 3.69. The fourth-order valence-corrected chi connectivity index (χ4v) is 4.34. The summed E-state index contributed by atoms with van der Waals surface area (Å²) in [5.74, 6) is -0.196. The van der Waals surface area contributed by atoms with Crippen molar-refractivity contribution in [3.8, 4) is 11.4 Å². The number of benzene rings is 2. The Morgan fingerprint density at radius 3 is 2.62 bits per heavy atom. The normalized spacial score (nSPS) is 15.5. The molecule has 0 fully saturated rings. The summed E-state index contributed by atoms with van der Waals surface area (Å²) in [6.45, 7) is 1.41. The van der Waals surface area contributed by atoms with Crippen LogP contribution in [0.5, 0.6) is 0 Å². The van der Waals surface area contributed by atoms with Crippen molar-refractivity contribution in [3.05, 3.63) is 87.5 Å². The lowest BCUT2D eigenvalue weighted by atomic mass is 10.1. The molecule has 0 bridgehead atoms. The van der Waals surface area contributed by atoms with Gasteiger partial charge in [-0.1, -0.05) is 36.4 Å². The van der Waals surface area contributed by atoms with Crippen LogP contribution in [0.2, 0.25) is 0 Å². The molecule has 1 aliphatic carbocycles. The van der Waals surface area contributed by atoms with Gasteiger partial charge in [0, 0.05) is 17.3 Å². The van der Waals surface area contributed by atoms with Gasteiger partial charge in [-0.3, -0.25) is 4.79 Å². The number of fused-ring (bicyclic) bond motifs is 2. The first-order valence-corrected chi connectivity index (χ1v) is 10.7. The van der Waals surface area contributed by atoms with Crippen LogP contribution < -0.4 is 11.0 Å². The maximum atomic E-state index is 13.1. The molecule has 0 saturated carbocycles. The number of amides is 1. The van der Waals surface area contributed by atoms with Crippen molar-refractivity contribution in [1.29, 1.82) is 0 Å². The van der Waals surface area contributed by atoms with E-state index in [4.69, 9.17) is 0 Å². The van der Waals surface area contributed by atoms with Gasteiger partial charge >= 0.3 is 11.9 Å². The van der Waals surface area contributed by atoms with Crippen molar-refractivity contribution in [2.45, 2.75) is 38.5 Å². The lowest BCUT2D eigenvalue weighted by molar-refractivity contribution is -0.137. The number of halogens is 3. The quantitative estimate of drug-likeness (QED) is 0.497. The highest BCUT2D eigenvalue weighted by Crippen LogP contribution is 2.31. The minimum Gasteiger partial charge on any atom is -0.348 e. The molecule has 1 atom stereocenters. The summed E-state index contributed by atoms with van der Waals surface area (Å²) < 4.78 is 41.0. The lowest BCUT2D eigenvalue weighted by Gasteiger charge is -2.13. The maximum Gasteiger partial charge on any atom is 0.416 e. The summed E-state index contributed by atoms with van der Waals surface area (Å²) in [6, 6.07) is 13.8. The van der Waals surface area contributed by atoms with Gasteiger partial charge in [-0.25, -0.2) is 18.9 Å². The van der Waals surface area contributed by atoms with Crippen LogP contribution in [0, 0.1) is 6.92 Å². The molecule has 1 amide bonds. The Morgan fingerprint density at radius 1 is 1.15 bits per heavy atom. The second-order valence-corrected chi connectivity index (χ2v) is 8.29. The molecule has 0 unspecified atom stereocenters. The Balaban J connectivity index is 1.44. The number of nitrogens with one attached hydrogen (secondary N) is 1. The molecule has 0 spiro atoms. The summed E-state index contributed by atoms with van der Waals surface area (Å²) in [4.78, 5) is 30.2. The number of carbonyl (C=O) groups is 1. The predicted molar refractivity (Wildman–Crippen MR) is 118 cm³/mol. The number of carbonyl (C=O) groups excluding carboxylic acids is 1. The summed E-state index contributed by atoms with van der Waals surface area (Å²) in [5, 5.41) is 7.22. The van der Waals surface area contributed by atoms with Gasteiger partial charge in [-0.2, -0.15) is 13.2 Å². The molecule has 1 N–H and O–H groups in total.